The van der Waals surface area contributed by atoms with Crippen LogP contribution in [0.5, 0.6) is 0 Å². The van der Waals surface area contributed by atoms with E-state index in [1.165, 1.54) is 56.9 Å². The summed E-state index contributed by atoms with van der Waals surface area (Å²) in [6.07, 6.45) is 18.0. The summed E-state index contributed by atoms with van der Waals surface area (Å²) >= 11 is 0. The third kappa shape index (κ3) is 10.8. The van der Waals surface area contributed by atoms with E-state index in [4.69, 9.17) is 13.3 Å². The zero-order chi connectivity index (χ0) is 36.7. The number of allylic oxidation sites excluding steroid dienone is 3. The topological polar surface area (TPSA) is 27.7 Å². The van der Waals surface area contributed by atoms with Crippen LogP contribution in [-0.4, -0.2) is 43.3 Å². The minimum atomic E-state index is -2.04. The van der Waals surface area contributed by atoms with E-state index in [1.54, 1.807) is 5.57 Å². The standard InChI is InChI=1S/C42H82O3Si3/c1-31(21-19-27-39(2,3)4)34-25-26-35-33(22-20-28-42(34,35)11)24-23-32-29-36(43-47(15,16)40(5,6)7)38(45-46(12,13)14)37(30-32)44-48(17,18)41(8,9)10/h23-24,31,34-38H,19-22,25-30H2,1-18H3/b32-23?,33-24+/t31-,34?,35?,36+,37+,38?,42?/m0/s1. The molecule has 3 fully saturated rings. The molecule has 3 aliphatic rings. The Morgan fingerprint density at radius 1 is 0.771 bits per heavy atom. The van der Waals surface area contributed by atoms with Gasteiger partial charge in [-0.3, -0.25) is 0 Å². The van der Waals surface area contributed by atoms with Crippen LogP contribution in [0.4, 0.5) is 0 Å². The van der Waals surface area contributed by atoms with E-state index < -0.39 is 25.0 Å². The maximum absolute atomic E-state index is 7.34. The van der Waals surface area contributed by atoms with Gasteiger partial charge in [-0.2, -0.15) is 0 Å². The van der Waals surface area contributed by atoms with Gasteiger partial charge in [0.1, 0.15) is 0 Å². The van der Waals surface area contributed by atoms with Crippen LogP contribution in [0, 0.1) is 28.6 Å². The van der Waals surface area contributed by atoms with E-state index >= 15 is 0 Å². The molecule has 3 unspecified atom stereocenters. The first-order valence-corrected chi connectivity index (χ1v) is 29.2. The maximum atomic E-state index is 7.34. The van der Waals surface area contributed by atoms with Crippen molar-refractivity contribution in [2.45, 2.75) is 215 Å². The predicted molar refractivity (Wildman–Crippen MR) is 218 cm³/mol. The summed E-state index contributed by atoms with van der Waals surface area (Å²) in [6, 6.07) is 0. The predicted octanol–water partition coefficient (Wildman–Crippen LogP) is 13.7. The molecule has 0 spiro atoms. The Bertz CT molecular complexity index is 1090. The van der Waals surface area contributed by atoms with E-state index in [0.717, 1.165) is 30.6 Å². The Morgan fingerprint density at radius 3 is 1.75 bits per heavy atom. The molecule has 0 aromatic rings. The van der Waals surface area contributed by atoms with Crippen molar-refractivity contribution < 1.29 is 13.3 Å². The Balaban J connectivity index is 1.95. The highest BCUT2D eigenvalue weighted by Gasteiger charge is 2.51. The lowest BCUT2D eigenvalue weighted by Gasteiger charge is -2.49. The van der Waals surface area contributed by atoms with Gasteiger partial charge in [0, 0.05) is 0 Å². The van der Waals surface area contributed by atoms with Crippen LogP contribution in [0.1, 0.15) is 140 Å². The second-order valence-corrected chi connectivity index (χ2v) is 36.0. The maximum Gasteiger partial charge on any atom is 0.192 e. The quantitative estimate of drug-likeness (QED) is 0.199. The summed E-state index contributed by atoms with van der Waals surface area (Å²) in [4.78, 5) is 0. The highest BCUT2D eigenvalue weighted by molar-refractivity contribution is 6.74. The van der Waals surface area contributed by atoms with Gasteiger partial charge in [0.25, 0.3) is 0 Å². The van der Waals surface area contributed by atoms with E-state index in [0.29, 0.717) is 10.8 Å². The minimum absolute atomic E-state index is 0.0157. The third-order valence-corrected chi connectivity index (χ3v) is 23.5. The molecule has 48 heavy (non-hydrogen) atoms. The van der Waals surface area contributed by atoms with Crippen molar-refractivity contribution in [1.82, 2.24) is 0 Å². The zero-order valence-corrected chi connectivity index (χ0v) is 38.4. The first kappa shape index (κ1) is 42.4. The van der Waals surface area contributed by atoms with Crippen LogP contribution in [0.25, 0.3) is 0 Å². The highest BCUT2D eigenvalue weighted by Crippen LogP contribution is 2.60. The molecule has 0 aromatic heterocycles. The smallest absolute Gasteiger partial charge is 0.192 e. The second-order valence-electron chi connectivity index (χ2n) is 22.0. The Kier molecular flexibility index (Phi) is 13.4. The molecule has 3 saturated carbocycles. The van der Waals surface area contributed by atoms with Crippen LogP contribution in [0.2, 0.25) is 55.9 Å². The number of hydrogen-bond donors (Lipinski definition) is 0. The fraction of sp³-hybridized carbons (Fsp3) is 0.905. The lowest BCUT2D eigenvalue weighted by atomic mass is 9.60. The highest BCUT2D eigenvalue weighted by atomic mass is 28.4. The van der Waals surface area contributed by atoms with Crippen molar-refractivity contribution in [3.05, 3.63) is 23.3 Å². The summed E-state index contributed by atoms with van der Waals surface area (Å²) in [7, 11) is -5.93. The van der Waals surface area contributed by atoms with E-state index in [9.17, 15) is 0 Å². The normalized spacial score (nSPS) is 31.2. The lowest BCUT2D eigenvalue weighted by Crippen LogP contribution is -2.58. The van der Waals surface area contributed by atoms with Gasteiger partial charge in [0.05, 0.1) is 18.3 Å². The monoisotopic (exact) mass is 719 g/mol. The number of fused-ring (bicyclic) bond motifs is 1. The molecule has 0 radical (unpaired) electrons. The second kappa shape index (κ2) is 15.2. The number of rotatable bonds is 11. The first-order chi connectivity index (χ1) is 21.6. The largest absolute Gasteiger partial charge is 0.411 e. The number of hydrogen-bond acceptors (Lipinski definition) is 3. The molecular formula is C42H82O3Si3. The third-order valence-electron chi connectivity index (χ3n) is 13.5. The fourth-order valence-corrected chi connectivity index (χ4v) is 12.5. The molecule has 0 aromatic carbocycles. The van der Waals surface area contributed by atoms with Crippen LogP contribution >= 0.6 is 0 Å². The van der Waals surface area contributed by atoms with E-state index in [2.05, 4.69) is 134 Å². The molecule has 6 heteroatoms. The van der Waals surface area contributed by atoms with E-state index in [1.807, 2.05) is 0 Å². The summed E-state index contributed by atoms with van der Waals surface area (Å²) in [6.45, 7) is 43.2. The summed E-state index contributed by atoms with van der Waals surface area (Å²) < 4.78 is 21.8. The Hall–Kier alpha value is 0.0106. The molecule has 3 nitrogen and oxygen atoms in total. The van der Waals surface area contributed by atoms with Crippen molar-refractivity contribution >= 4 is 25.0 Å². The molecule has 0 N–H and O–H groups in total. The average Bonchev–Trinajstić information content (AvgIpc) is 3.23. The van der Waals surface area contributed by atoms with Crippen LogP contribution in [-0.2, 0) is 13.3 Å². The molecule has 0 heterocycles. The van der Waals surface area contributed by atoms with Crippen molar-refractivity contribution in [3.8, 4) is 0 Å². The van der Waals surface area contributed by atoms with Crippen LogP contribution < -0.4 is 0 Å². The molecular weight excluding hydrogens is 637 g/mol. The van der Waals surface area contributed by atoms with Gasteiger partial charge < -0.3 is 13.3 Å². The van der Waals surface area contributed by atoms with Gasteiger partial charge in [0.2, 0.25) is 0 Å². The molecule has 0 amide bonds. The average molecular weight is 719 g/mol. The molecule has 0 bridgehead atoms. The first-order valence-electron chi connectivity index (χ1n) is 20.0. The molecule has 0 saturated heterocycles. The van der Waals surface area contributed by atoms with Crippen molar-refractivity contribution in [2.75, 3.05) is 0 Å². The molecule has 0 aliphatic heterocycles. The van der Waals surface area contributed by atoms with Gasteiger partial charge in [-0.25, -0.2) is 0 Å². The summed E-state index contributed by atoms with van der Waals surface area (Å²) in [5, 5.41) is 0.288. The van der Waals surface area contributed by atoms with Gasteiger partial charge in [-0.15, -0.1) is 0 Å². The van der Waals surface area contributed by atoms with Gasteiger partial charge >= 0.3 is 0 Å². The molecule has 3 rings (SSSR count). The zero-order valence-electron chi connectivity index (χ0n) is 35.4. The van der Waals surface area contributed by atoms with Crippen molar-refractivity contribution in [3.63, 3.8) is 0 Å². The van der Waals surface area contributed by atoms with Crippen molar-refractivity contribution in [1.29, 1.82) is 0 Å². The van der Waals surface area contributed by atoms with E-state index in [-0.39, 0.29) is 28.4 Å². The molecule has 6 atom stereocenters. The summed E-state index contributed by atoms with van der Waals surface area (Å²) in [5.74, 6) is 2.42. The molecule has 280 valence electrons. The van der Waals surface area contributed by atoms with Gasteiger partial charge in [-0.05, 0) is 136 Å². The lowest BCUT2D eigenvalue weighted by molar-refractivity contribution is -0.0502. The van der Waals surface area contributed by atoms with Gasteiger partial charge in [0.15, 0.2) is 25.0 Å². The van der Waals surface area contributed by atoms with Gasteiger partial charge in [-0.1, -0.05) is 112 Å². The SMILES string of the molecule is C[C@@H](CCCC(C)(C)C)C1CCC2/C(=C/C=C3C[C@@H](O[Si](C)(C)C(C)(C)C)C(O[Si](C)(C)C)[C@H](O[Si](C)(C)C(C)(C)C)C3)CCCC21C. The Morgan fingerprint density at radius 2 is 1.29 bits per heavy atom. The Labute approximate surface area is 303 Å². The fourth-order valence-electron chi connectivity index (χ4n) is 8.69. The minimum Gasteiger partial charge on any atom is -0.411 e. The van der Waals surface area contributed by atoms with Crippen LogP contribution in [0.15, 0.2) is 23.3 Å². The molecule has 3 aliphatic carbocycles. The summed E-state index contributed by atoms with van der Waals surface area (Å²) in [5.41, 5.74) is 4.13. The van der Waals surface area contributed by atoms with Crippen LogP contribution in [0.3, 0.4) is 0 Å². The van der Waals surface area contributed by atoms with Crippen molar-refractivity contribution in [2.24, 2.45) is 28.6 Å².